The van der Waals surface area contributed by atoms with Crippen LogP contribution in [0.3, 0.4) is 0 Å². The molecule has 6 heteroatoms. The zero-order valence-corrected chi connectivity index (χ0v) is 29.2. The van der Waals surface area contributed by atoms with Gasteiger partial charge in [-0.2, -0.15) is 0 Å². The first kappa shape index (κ1) is 29.1. The molecule has 1 aromatic heterocycles. The molecule has 0 bridgehead atoms. The molecule has 246 valence electrons. The van der Waals surface area contributed by atoms with Crippen LogP contribution in [0.15, 0.2) is 127 Å². The molecule has 0 saturated heterocycles. The van der Waals surface area contributed by atoms with E-state index in [4.69, 9.17) is 0 Å². The Balaban J connectivity index is 1.25. The second-order valence-corrected chi connectivity index (χ2v) is 15.0. The van der Waals surface area contributed by atoms with E-state index in [1.54, 1.807) is 0 Å². The molecule has 50 heavy (non-hydrogen) atoms. The molecular weight excluding hydrogens is 613 g/mol. The molecule has 10 rings (SSSR count). The van der Waals surface area contributed by atoms with Crippen molar-refractivity contribution in [1.82, 2.24) is 4.57 Å². The minimum Gasteiger partial charge on any atom is -0.355 e. The molecule has 3 aliphatic heterocycles. The molecule has 7 aromatic rings. The molecule has 3 aliphatic rings. The molecule has 0 atom stereocenters. The van der Waals surface area contributed by atoms with Crippen molar-refractivity contribution in [2.45, 2.75) is 26.2 Å². The van der Waals surface area contributed by atoms with E-state index in [1.807, 2.05) is 0 Å². The molecule has 4 heterocycles. The molecule has 0 aliphatic carbocycles. The van der Waals surface area contributed by atoms with E-state index in [-0.39, 0.29) is 5.41 Å². The lowest BCUT2D eigenvalue weighted by atomic mass is 9.86. The number of hydrogen-bond acceptors (Lipinski definition) is 5. The van der Waals surface area contributed by atoms with Gasteiger partial charge in [-0.25, -0.2) is 0 Å². The Kier molecular flexibility index (Phi) is 6.00. The lowest BCUT2D eigenvalue weighted by Crippen LogP contribution is -2.26. The van der Waals surface area contributed by atoms with Gasteiger partial charge in [0.05, 0.1) is 64.2 Å². The quantitative estimate of drug-likeness (QED) is 0.189. The molecule has 0 fully saturated rings. The van der Waals surface area contributed by atoms with Crippen LogP contribution in [0, 0.1) is 0 Å². The van der Waals surface area contributed by atoms with Gasteiger partial charge in [0.1, 0.15) is 0 Å². The van der Waals surface area contributed by atoms with E-state index in [2.05, 4.69) is 191 Å². The normalized spacial score (nSPS) is 14.9. The summed E-state index contributed by atoms with van der Waals surface area (Å²) in [4.78, 5) is 12.1. The van der Waals surface area contributed by atoms with Crippen LogP contribution in [-0.4, -0.2) is 32.0 Å². The largest absolute Gasteiger partial charge is 0.355 e. The van der Waals surface area contributed by atoms with Gasteiger partial charge in [-0.3, -0.25) is 0 Å². The van der Waals surface area contributed by atoms with Gasteiger partial charge in [0.15, 0.2) is 0 Å². The Morgan fingerprint density at radius 2 is 1.04 bits per heavy atom. The maximum Gasteiger partial charge on any atom is 0.0950 e. The van der Waals surface area contributed by atoms with Gasteiger partial charge in [0.2, 0.25) is 0 Å². The number of nitrogens with zero attached hydrogens (tertiary/aromatic N) is 6. The minimum atomic E-state index is -0.0544. The molecular formula is C44H40N6. The lowest BCUT2D eigenvalue weighted by molar-refractivity contribution is 0.590. The fourth-order valence-electron chi connectivity index (χ4n) is 8.40. The highest BCUT2D eigenvalue weighted by Crippen LogP contribution is 2.53. The zero-order chi connectivity index (χ0) is 33.9. The highest BCUT2D eigenvalue weighted by Gasteiger charge is 2.33. The predicted molar refractivity (Wildman–Crippen MR) is 211 cm³/mol. The standard InChI is InChI=1S/C44H40N6/c1-44(2,3)29-23-31(48-28-46(5)37-17-9-11-19-39(37)48)25-32(24-29)49-41-20-12-14-34-33-13-6-7-15-35(33)50(43(34)41)40-22-21-30(26-42(40)49)47-27-45(4)36-16-8-10-18-38(36)47/h6-26H,27-28H2,1-5H3. The van der Waals surface area contributed by atoms with Gasteiger partial charge in [-0.1, -0.05) is 75.4 Å². The van der Waals surface area contributed by atoms with Gasteiger partial charge in [-0.15, -0.1) is 0 Å². The molecule has 0 saturated carbocycles. The smallest absolute Gasteiger partial charge is 0.0950 e. The summed E-state index contributed by atoms with van der Waals surface area (Å²) < 4.78 is 2.49. The molecule has 6 nitrogen and oxygen atoms in total. The summed E-state index contributed by atoms with van der Waals surface area (Å²) >= 11 is 0. The number of aromatic nitrogens is 1. The van der Waals surface area contributed by atoms with E-state index in [9.17, 15) is 0 Å². The minimum absolute atomic E-state index is 0.0544. The third-order valence-corrected chi connectivity index (χ3v) is 10.9. The first-order valence-electron chi connectivity index (χ1n) is 17.5. The van der Waals surface area contributed by atoms with Crippen molar-refractivity contribution in [3.05, 3.63) is 133 Å². The van der Waals surface area contributed by atoms with Crippen LogP contribution in [0.1, 0.15) is 26.3 Å². The summed E-state index contributed by atoms with van der Waals surface area (Å²) in [5.74, 6) is 0. The van der Waals surface area contributed by atoms with Crippen LogP contribution in [0.25, 0.3) is 27.5 Å². The molecule has 0 spiro atoms. The van der Waals surface area contributed by atoms with Crippen LogP contribution in [0.2, 0.25) is 0 Å². The summed E-state index contributed by atoms with van der Waals surface area (Å²) in [5.41, 5.74) is 15.8. The summed E-state index contributed by atoms with van der Waals surface area (Å²) in [6, 6.07) is 47.4. The summed E-state index contributed by atoms with van der Waals surface area (Å²) in [5, 5.41) is 2.55. The fraction of sp³-hybridized carbons (Fsp3) is 0.182. The Morgan fingerprint density at radius 3 is 1.74 bits per heavy atom. The second-order valence-electron chi connectivity index (χ2n) is 15.0. The van der Waals surface area contributed by atoms with Gasteiger partial charge < -0.3 is 29.1 Å². The number of fused-ring (bicyclic) bond motifs is 7. The van der Waals surface area contributed by atoms with E-state index in [0.717, 1.165) is 13.3 Å². The predicted octanol–water partition coefficient (Wildman–Crippen LogP) is 11.0. The Morgan fingerprint density at radius 1 is 0.460 bits per heavy atom. The van der Waals surface area contributed by atoms with Crippen molar-refractivity contribution in [3.8, 4) is 5.69 Å². The summed E-state index contributed by atoms with van der Waals surface area (Å²) in [6.45, 7) is 8.57. The number of hydrogen-bond donors (Lipinski definition) is 0. The van der Waals surface area contributed by atoms with Crippen LogP contribution < -0.4 is 24.5 Å². The van der Waals surface area contributed by atoms with Gasteiger partial charge in [0, 0.05) is 41.9 Å². The van der Waals surface area contributed by atoms with Crippen LogP contribution >= 0.6 is 0 Å². The van der Waals surface area contributed by atoms with Crippen molar-refractivity contribution < 1.29 is 0 Å². The third-order valence-electron chi connectivity index (χ3n) is 10.9. The van der Waals surface area contributed by atoms with Crippen molar-refractivity contribution in [1.29, 1.82) is 0 Å². The van der Waals surface area contributed by atoms with E-state index in [1.165, 1.54) is 84.2 Å². The van der Waals surface area contributed by atoms with Crippen LogP contribution in [0.4, 0.5) is 51.2 Å². The first-order valence-corrected chi connectivity index (χ1v) is 17.5. The van der Waals surface area contributed by atoms with Crippen LogP contribution in [0.5, 0.6) is 0 Å². The highest BCUT2D eigenvalue weighted by atomic mass is 15.4. The topological polar surface area (TPSA) is 21.1 Å². The number of para-hydroxylation sites is 6. The maximum atomic E-state index is 2.52. The Hall–Kier alpha value is -5.88. The molecule has 0 unspecified atom stereocenters. The average molecular weight is 653 g/mol. The van der Waals surface area contributed by atoms with Gasteiger partial charge >= 0.3 is 0 Å². The second kappa shape index (κ2) is 10.3. The SMILES string of the molecule is CN1CN(c2cc(N3c4cc(N5CN(C)c6ccccc65)ccc4-n4c5ccccc5c5cccc3c54)cc(C(C)(C)C)c2)c2ccccc21. The Labute approximate surface area is 293 Å². The van der Waals surface area contributed by atoms with Gasteiger partial charge in [0.25, 0.3) is 0 Å². The highest BCUT2D eigenvalue weighted by molar-refractivity contribution is 6.16. The summed E-state index contributed by atoms with van der Waals surface area (Å²) in [6.07, 6.45) is 0. The maximum absolute atomic E-state index is 2.52. The number of anilines is 9. The van der Waals surface area contributed by atoms with Crippen molar-refractivity contribution in [2.75, 3.05) is 51.9 Å². The first-order chi connectivity index (χ1) is 24.3. The molecule has 0 radical (unpaired) electrons. The van der Waals surface area contributed by atoms with E-state index >= 15 is 0 Å². The zero-order valence-electron chi connectivity index (χ0n) is 29.2. The fourth-order valence-corrected chi connectivity index (χ4v) is 8.40. The summed E-state index contributed by atoms with van der Waals surface area (Å²) in [7, 11) is 4.36. The molecule has 0 N–H and O–H groups in total. The average Bonchev–Trinajstić information content (AvgIpc) is 3.78. The molecule has 0 amide bonds. The van der Waals surface area contributed by atoms with Gasteiger partial charge in [-0.05, 0) is 83.8 Å². The van der Waals surface area contributed by atoms with E-state index in [0.29, 0.717) is 0 Å². The monoisotopic (exact) mass is 652 g/mol. The van der Waals surface area contributed by atoms with E-state index < -0.39 is 0 Å². The number of rotatable bonds is 3. The van der Waals surface area contributed by atoms with Crippen LogP contribution in [-0.2, 0) is 5.41 Å². The van der Waals surface area contributed by atoms with Crippen molar-refractivity contribution in [2.24, 2.45) is 0 Å². The Bertz CT molecular complexity index is 2500. The van der Waals surface area contributed by atoms with Crippen molar-refractivity contribution in [3.63, 3.8) is 0 Å². The van der Waals surface area contributed by atoms with Crippen molar-refractivity contribution >= 4 is 73.0 Å². The molecule has 6 aromatic carbocycles. The number of benzene rings is 6. The third kappa shape index (κ3) is 4.08. The lowest BCUT2D eigenvalue weighted by Gasteiger charge is -2.36.